The minimum Gasteiger partial charge on any atom is -0.479 e. The van der Waals surface area contributed by atoms with E-state index in [1.807, 2.05) is 0 Å². The van der Waals surface area contributed by atoms with Gasteiger partial charge in [-0.05, 0) is 6.92 Å². The SMILES string of the molecule is CCC(=O)C(=O)OC(C)C(=O)O. The summed E-state index contributed by atoms with van der Waals surface area (Å²) in [7, 11) is 0. The summed E-state index contributed by atoms with van der Waals surface area (Å²) in [4.78, 5) is 31.4. The summed E-state index contributed by atoms with van der Waals surface area (Å²) in [6.07, 6.45) is -1.25. The fourth-order valence-electron chi connectivity index (χ4n) is 0.421. The Morgan fingerprint density at radius 2 is 1.92 bits per heavy atom. The van der Waals surface area contributed by atoms with Gasteiger partial charge < -0.3 is 9.84 Å². The number of carbonyl (C=O) groups excluding carboxylic acids is 2. The van der Waals surface area contributed by atoms with E-state index >= 15 is 0 Å². The number of carboxylic acids is 1. The molecule has 0 rings (SSSR count). The van der Waals surface area contributed by atoms with Crippen molar-refractivity contribution in [2.75, 3.05) is 0 Å². The first kappa shape index (κ1) is 10.6. The lowest BCUT2D eigenvalue weighted by Gasteiger charge is -2.06. The Hall–Kier alpha value is -1.39. The average Bonchev–Trinajstić information content (AvgIpc) is 2.02. The van der Waals surface area contributed by atoms with Gasteiger partial charge in [0.25, 0.3) is 0 Å². The van der Waals surface area contributed by atoms with Gasteiger partial charge in [-0.2, -0.15) is 0 Å². The maximum absolute atomic E-state index is 10.7. The van der Waals surface area contributed by atoms with E-state index in [9.17, 15) is 14.4 Å². The maximum Gasteiger partial charge on any atom is 0.375 e. The monoisotopic (exact) mass is 174 g/mol. The van der Waals surface area contributed by atoms with Crippen LogP contribution in [0.15, 0.2) is 0 Å². The molecule has 0 radical (unpaired) electrons. The normalized spacial score (nSPS) is 11.8. The van der Waals surface area contributed by atoms with Gasteiger partial charge in [0, 0.05) is 6.42 Å². The molecule has 0 aromatic heterocycles. The van der Waals surface area contributed by atoms with Crippen LogP contribution in [0.25, 0.3) is 0 Å². The molecule has 0 bridgehead atoms. The lowest BCUT2D eigenvalue weighted by Crippen LogP contribution is -2.27. The van der Waals surface area contributed by atoms with E-state index in [-0.39, 0.29) is 6.42 Å². The van der Waals surface area contributed by atoms with Crippen LogP contribution in [-0.4, -0.2) is 28.9 Å². The van der Waals surface area contributed by atoms with E-state index < -0.39 is 23.8 Å². The largest absolute Gasteiger partial charge is 0.479 e. The molecule has 5 heteroatoms. The number of ether oxygens (including phenoxy) is 1. The third-order valence-electron chi connectivity index (χ3n) is 1.18. The molecule has 0 aromatic carbocycles. The smallest absolute Gasteiger partial charge is 0.375 e. The topological polar surface area (TPSA) is 80.7 Å². The third-order valence-corrected chi connectivity index (χ3v) is 1.18. The number of Topliss-reactive ketones (excluding diaryl/α,β-unsaturated/α-hetero) is 1. The van der Waals surface area contributed by atoms with E-state index in [4.69, 9.17) is 5.11 Å². The molecule has 1 N–H and O–H groups in total. The molecule has 12 heavy (non-hydrogen) atoms. The Morgan fingerprint density at radius 1 is 1.42 bits per heavy atom. The number of hydrogen-bond acceptors (Lipinski definition) is 4. The van der Waals surface area contributed by atoms with Crippen LogP contribution >= 0.6 is 0 Å². The van der Waals surface area contributed by atoms with Crippen molar-refractivity contribution >= 4 is 17.7 Å². The molecule has 0 aliphatic rings. The third kappa shape index (κ3) is 3.14. The molecule has 0 spiro atoms. The van der Waals surface area contributed by atoms with Crippen molar-refractivity contribution in [3.8, 4) is 0 Å². The molecule has 1 atom stereocenters. The molecule has 0 aliphatic heterocycles. The highest BCUT2D eigenvalue weighted by Gasteiger charge is 2.20. The minimum absolute atomic E-state index is 0.0190. The number of carboxylic acid groups (broad SMARTS) is 1. The van der Waals surface area contributed by atoms with Crippen LogP contribution in [0.5, 0.6) is 0 Å². The lowest BCUT2D eigenvalue weighted by atomic mass is 10.3. The van der Waals surface area contributed by atoms with E-state index in [1.54, 1.807) is 0 Å². The van der Waals surface area contributed by atoms with Crippen molar-refractivity contribution in [3.63, 3.8) is 0 Å². The summed E-state index contributed by atoms with van der Waals surface area (Å²) in [6.45, 7) is 2.68. The highest BCUT2D eigenvalue weighted by Crippen LogP contribution is 1.94. The molecule has 0 saturated carbocycles. The summed E-state index contributed by atoms with van der Waals surface area (Å²) in [5, 5.41) is 8.30. The van der Waals surface area contributed by atoms with Gasteiger partial charge in [0.1, 0.15) is 0 Å². The Balaban J connectivity index is 4.01. The molecular weight excluding hydrogens is 164 g/mol. The second kappa shape index (κ2) is 4.48. The number of aliphatic carboxylic acids is 1. The fourth-order valence-corrected chi connectivity index (χ4v) is 0.421. The van der Waals surface area contributed by atoms with Crippen molar-refractivity contribution in [2.45, 2.75) is 26.4 Å². The molecule has 68 valence electrons. The number of ketones is 1. The molecule has 5 nitrogen and oxygen atoms in total. The molecule has 0 aliphatic carbocycles. The van der Waals surface area contributed by atoms with Gasteiger partial charge in [-0.25, -0.2) is 9.59 Å². The zero-order valence-electron chi connectivity index (χ0n) is 6.86. The van der Waals surface area contributed by atoms with E-state index in [2.05, 4.69) is 4.74 Å². The first-order valence-corrected chi connectivity index (χ1v) is 3.45. The highest BCUT2D eigenvalue weighted by atomic mass is 16.6. The summed E-state index contributed by atoms with van der Waals surface area (Å²) in [5.74, 6) is -3.08. The molecular formula is C7H10O5. The van der Waals surface area contributed by atoms with Gasteiger partial charge in [-0.15, -0.1) is 0 Å². The van der Waals surface area contributed by atoms with Crippen LogP contribution in [0.3, 0.4) is 0 Å². The van der Waals surface area contributed by atoms with Crippen LogP contribution in [0.2, 0.25) is 0 Å². The predicted molar refractivity (Wildman–Crippen MR) is 38.5 cm³/mol. The standard InChI is InChI=1S/C7H10O5/c1-3-5(8)7(11)12-4(2)6(9)10/h4H,3H2,1-2H3,(H,9,10). The maximum atomic E-state index is 10.7. The van der Waals surface area contributed by atoms with Gasteiger partial charge in [-0.1, -0.05) is 6.92 Å². The molecule has 0 heterocycles. The van der Waals surface area contributed by atoms with Gasteiger partial charge in [0.15, 0.2) is 6.10 Å². The van der Waals surface area contributed by atoms with Crippen molar-refractivity contribution in [2.24, 2.45) is 0 Å². The number of hydrogen-bond donors (Lipinski definition) is 1. The van der Waals surface area contributed by atoms with Gasteiger partial charge in [0.05, 0.1) is 0 Å². The number of rotatable bonds is 4. The Morgan fingerprint density at radius 3 is 2.25 bits per heavy atom. The van der Waals surface area contributed by atoms with Crippen molar-refractivity contribution in [3.05, 3.63) is 0 Å². The molecule has 0 fully saturated rings. The van der Waals surface area contributed by atoms with Crippen molar-refractivity contribution in [1.29, 1.82) is 0 Å². The zero-order valence-corrected chi connectivity index (χ0v) is 6.86. The average molecular weight is 174 g/mol. The quantitative estimate of drug-likeness (QED) is 0.478. The summed E-state index contributed by atoms with van der Waals surface area (Å²) in [5.41, 5.74) is 0. The van der Waals surface area contributed by atoms with E-state index in [1.165, 1.54) is 13.8 Å². The van der Waals surface area contributed by atoms with Crippen LogP contribution < -0.4 is 0 Å². The van der Waals surface area contributed by atoms with Gasteiger partial charge in [-0.3, -0.25) is 4.79 Å². The zero-order chi connectivity index (χ0) is 9.72. The Bertz CT molecular complexity index is 208. The Labute approximate surface area is 69.3 Å². The Kier molecular flexibility index (Phi) is 3.96. The van der Waals surface area contributed by atoms with E-state index in [0.717, 1.165) is 0 Å². The van der Waals surface area contributed by atoms with Gasteiger partial charge in [0.2, 0.25) is 5.78 Å². The predicted octanol–water partition coefficient (Wildman–Crippen LogP) is -0.0182. The first-order valence-electron chi connectivity index (χ1n) is 3.45. The molecule has 0 aromatic rings. The first-order chi connectivity index (χ1) is 5.49. The summed E-state index contributed by atoms with van der Waals surface area (Å²) in [6, 6.07) is 0. The fraction of sp³-hybridized carbons (Fsp3) is 0.571. The molecule has 1 unspecified atom stereocenters. The minimum atomic E-state index is -1.27. The van der Waals surface area contributed by atoms with Crippen LogP contribution in [0, 0.1) is 0 Å². The van der Waals surface area contributed by atoms with Crippen LogP contribution in [0.1, 0.15) is 20.3 Å². The number of esters is 1. The van der Waals surface area contributed by atoms with Crippen LogP contribution in [0.4, 0.5) is 0 Å². The number of carbonyl (C=O) groups is 3. The van der Waals surface area contributed by atoms with Crippen LogP contribution in [-0.2, 0) is 19.1 Å². The summed E-state index contributed by atoms with van der Waals surface area (Å²) < 4.78 is 4.28. The van der Waals surface area contributed by atoms with Crippen molar-refractivity contribution < 1.29 is 24.2 Å². The summed E-state index contributed by atoms with van der Waals surface area (Å²) >= 11 is 0. The van der Waals surface area contributed by atoms with E-state index in [0.29, 0.717) is 0 Å². The molecule has 0 saturated heterocycles. The second-order valence-corrected chi connectivity index (χ2v) is 2.16. The second-order valence-electron chi connectivity index (χ2n) is 2.16. The van der Waals surface area contributed by atoms with Crippen molar-refractivity contribution in [1.82, 2.24) is 0 Å². The van der Waals surface area contributed by atoms with Gasteiger partial charge >= 0.3 is 11.9 Å². The lowest BCUT2D eigenvalue weighted by molar-refractivity contribution is -0.166. The highest BCUT2D eigenvalue weighted by molar-refractivity contribution is 6.33. The molecule has 0 amide bonds.